The number of fused-ring (bicyclic) bond motifs is 1. The van der Waals surface area contributed by atoms with Crippen LogP contribution >= 0.6 is 11.8 Å². The summed E-state index contributed by atoms with van der Waals surface area (Å²) in [5.41, 5.74) is 3.44. The minimum atomic E-state index is -0.561. The van der Waals surface area contributed by atoms with Gasteiger partial charge in [0.25, 0.3) is 0 Å². The summed E-state index contributed by atoms with van der Waals surface area (Å²) in [6.45, 7) is 16.4. The fourth-order valence-electron chi connectivity index (χ4n) is 4.25. The smallest absolute Gasteiger partial charge is 0.311 e. The van der Waals surface area contributed by atoms with Gasteiger partial charge in [-0.3, -0.25) is 4.79 Å². The van der Waals surface area contributed by atoms with Gasteiger partial charge in [0.05, 0.1) is 12.5 Å². The van der Waals surface area contributed by atoms with E-state index in [1.54, 1.807) is 0 Å². The van der Waals surface area contributed by atoms with Crippen molar-refractivity contribution in [2.24, 2.45) is 11.3 Å². The second kappa shape index (κ2) is 8.61. The molecule has 0 saturated heterocycles. The molecule has 3 rings (SSSR count). The van der Waals surface area contributed by atoms with Gasteiger partial charge in [-0.25, -0.2) is 0 Å². The van der Waals surface area contributed by atoms with E-state index < -0.39 is 5.41 Å². The predicted octanol–water partition coefficient (Wildman–Crippen LogP) is 7.20. The first-order valence-electron chi connectivity index (χ1n) is 11.4. The number of rotatable bonds is 7. The Bertz CT molecular complexity index is 913. The van der Waals surface area contributed by atoms with Gasteiger partial charge in [0.15, 0.2) is 0 Å². The van der Waals surface area contributed by atoms with E-state index >= 15 is 0 Å². The predicted molar refractivity (Wildman–Crippen MR) is 128 cm³/mol. The molecule has 1 fully saturated rings. The lowest BCUT2D eigenvalue weighted by atomic mass is 9.84. The number of aromatic nitrogens is 1. The summed E-state index contributed by atoms with van der Waals surface area (Å²) < 4.78 is 7.79. The van der Waals surface area contributed by atoms with E-state index in [-0.39, 0.29) is 10.7 Å². The molecule has 1 heterocycles. The van der Waals surface area contributed by atoms with Crippen molar-refractivity contribution in [1.29, 1.82) is 0 Å². The van der Waals surface area contributed by atoms with E-state index in [2.05, 4.69) is 57.4 Å². The van der Waals surface area contributed by atoms with Crippen LogP contribution < -0.4 is 0 Å². The normalized spacial score (nSPS) is 15.6. The van der Waals surface area contributed by atoms with E-state index in [0.717, 1.165) is 12.5 Å². The van der Waals surface area contributed by atoms with Crippen molar-refractivity contribution >= 4 is 28.6 Å². The van der Waals surface area contributed by atoms with Gasteiger partial charge in [-0.05, 0) is 50.2 Å². The number of nitrogens with zero attached hydrogens (tertiary/aromatic N) is 1. The Morgan fingerprint density at radius 3 is 2.37 bits per heavy atom. The zero-order valence-electron chi connectivity index (χ0n) is 20.1. The van der Waals surface area contributed by atoms with E-state index in [0.29, 0.717) is 12.3 Å². The molecule has 166 valence electrons. The fraction of sp³-hybridized carbons (Fsp3) is 0.654. The number of thioether (sulfide) groups is 1. The van der Waals surface area contributed by atoms with Gasteiger partial charge in [-0.15, -0.1) is 11.8 Å². The maximum atomic E-state index is 12.6. The zero-order valence-corrected chi connectivity index (χ0v) is 20.9. The maximum Gasteiger partial charge on any atom is 0.311 e. The largest absolute Gasteiger partial charge is 0.469 e. The average molecular weight is 430 g/mol. The SMILES string of the molecule is COC(=O)C(C)(C)Cc1c(SC(C)(C)C)c2ccc(C(C)C)cc2n1CC1CCC1. The highest BCUT2D eigenvalue weighted by molar-refractivity contribution is 8.00. The minimum absolute atomic E-state index is 0.0937. The highest BCUT2D eigenvalue weighted by Gasteiger charge is 2.34. The Balaban J connectivity index is 2.23. The molecule has 0 N–H and O–H groups in total. The number of benzene rings is 1. The molecule has 0 radical (unpaired) electrons. The molecule has 1 aliphatic rings. The molecule has 2 aromatic rings. The summed E-state index contributed by atoms with van der Waals surface area (Å²) in [6.07, 6.45) is 4.65. The number of methoxy groups -OCH3 is 1. The van der Waals surface area contributed by atoms with E-state index in [1.807, 2.05) is 25.6 Å². The first-order chi connectivity index (χ1) is 13.9. The van der Waals surface area contributed by atoms with Crippen LogP contribution in [0.4, 0.5) is 0 Å². The lowest BCUT2D eigenvalue weighted by Crippen LogP contribution is -2.30. The summed E-state index contributed by atoms with van der Waals surface area (Å²) in [5.74, 6) is 1.10. The van der Waals surface area contributed by atoms with Crippen LogP contribution in [0, 0.1) is 11.3 Å². The van der Waals surface area contributed by atoms with Crippen molar-refractivity contribution in [3.8, 4) is 0 Å². The van der Waals surface area contributed by atoms with Gasteiger partial charge in [-0.1, -0.05) is 53.2 Å². The first-order valence-corrected chi connectivity index (χ1v) is 12.2. The quantitative estimate of drug-likeness (QED) is 0.344. The average Bonchev–Trinajstić information content (AvgIpc) is 2.87. The molecule has 1 aromatic carbocycles. The molecule has 30 heavy (non-hydrogen) atoms. The summed E-state index contributed by atoms with van der Waals surface area (Å²) in [6, 6.07) is 6.98. The zero-order chi connectivity index (χ0) is 22.3. The topological polar surface area (TPSA) is 31.2 Å². The van der Waals surface area contributed by atoms with Crippen molar-refractivity contribution in [3.05, 3.63) is 29.5 Å². The Hall–Kier alpha value is -1.42. The fourth-order valence-corrected chi connectivity index (χ4v) is 5.45. The Morgan fingerprint density at radius 1 is 1.20 bits per heavy atom. The van der Waals surface area contributed by atoms with Crippen LogP contribution in [0.1, 0.15) is 84.9 Å². The number of hydrogen-bond acceptors (Lipinski definition) is 3. The molecule has 0 bridgehead atoms. The van der Waals surface area contributed by atoms with Gasteiger partial charge in [0.1, 0.15) is 0 Å². The highest BCUT2D eigenvalue weighted by Crippen LogP contribution is 2.44. The minimum Gasteiger partial charge on any atom is -0.469 e. The van der Waals surface area contributed by atoms with E-state index in [1.165, 1.54) is 53.4 Å². The van der Waals surface area contributed by atoms with Crippen molar-refractivity contribution in [1.82, 2.24) is 4.57 Å². The van der Waals surface area contributed by atoms with Crippen molar-refractivity contribution in [2.45, 2.75) is 96.3 Å². The Labute approximate surface area is 186 Å². The van der Waals surface area contributed by atoms with Gasteiger partial charge in [0.2, 0.25) is 0 Å². The standard InChI is InChI=1S/C26H39NO2S/c1-17(2)19-12-13-20-21(14-19)27(16-18-10-9-11-18)22(23(20)30-25(3,4)5)15-26(6,7)24(28)29-8/h12-14,17-18H,9-11,15-16H2,1-8H3. The van der Waals surface area contributed by atoms with Crippen molar-refractivity contribution < 1.29 is 9.53 Å². The lowest BCUT2D eigenvalue weighted by Gasteiger charge is -2.29. The number of carbonyl (C=O) groups excluding carboxylic acids is 1. The number of esters is 1. The van der Waals surface area contributed by atoms with Crippen LogP contribution in [-0.2, 0) is 22.5 Å². The van der Waals surface area contributed by atoms with Crippen LogP contribution in [-0.4, -0.2) is 22.4 Å². The van der Waals surface area contributed by atoms with Crippen LogP contribution in [0.5, 0.6) is 0 Å². The molecule has 3 nitrogen and oxygen atoms in total. The maximum absolute atomic E-state index is 12.6. The summed E-state index contributed by atoms with van der Waals surface area (Å²) >= 11 is 1.93. The monoisotopic (exact) mass is 429 g/mol. The molecule has 1 aliphatic carbocycles. The molecule has 1 saturated carbocycles. The molecule has 0 amide bonds. The van der Waals surface area contributed by atoms with Crippen LogP contribution in [0.3, 0.4) is 0 Å². The molecule has 0 unspecified atom stereocenters. The highest BCUT2D eigenvalue weighted by atomic mass is 32.2. The van der Waals surface area contributed by atoms with E-state index in [4.69, 9.17) is 4.74 Å². The Kier molecular flexibility index (Phi) is 6.67. The molecule has 4 heteroatoms. The number of hydrogen-bond donors (Lipinski definition) is 0. The molecule has 1 aromatic heterocycles. The molecule has 0 atom stereocenters. The van der Waals surface area contributed by atoms with Crippen LogP contribution in [0.25, 0.3) is 10.9 Å². The van der Waals surface area contributed by atoms with Gasteiger partial charge < -0.3 is 9.30 Å². The first kappa shape index (κ1) is 23.2. The molecular weight excluding hydrogens is 390 g/mol. The molecule has 0 aliphatic heterocycles. The van der Waals surface area contributed by atoms with Crippen LogP contribution in [0.15, 0.2) is 23.1 Å². The third-order valence-corrected chi connectivity index (χ3v) is 7.50. The summed E-state index contributed by atoms with van der Waals surface area (Å²) in [4.78, 5) is 13.9. The van der Waals surface area contributed by atoms with Gasteiger partial charge in [0, 0.05) is 39.2 Å². The second-order valence-corrected chi connectivity index (χ2v) is 12.7. The molecular formula is C26H39NO2S. The number of carbonyl (C=O) groups is 1. The van der Waals surface area contributed by atoms with E-state index in [9.17, 15) is 4.79 Å². The number of ether oxygens (including phenoxy) is 1. The summed E-state index contributed by atoms with van der Waals surface area (Å²) in [5, 5.41) is 1.33. The molecule has 0 spiro atoms. The second-order valence-electron chi connectivity index (χ2n) is 10.9. The van der Waals surface area contributed by atoms with Crippen molar-refractivity contribution in [3.63, 3.8) is 0 Å². The third kappa shape index (κ3) is 4.90. The lowest BCUT2D eigenvalue weighted by molar-refractivity contribution is -0.150. The third-order valence-electron chi connectivity index (χ3n) is 6.23. The van der Waals surface area contributed by atoms with Gasteiger partial charge in [-0.2, -0.15) is 0 Å². The van der Waals surface area contributed by atoms with Crippen molar-refractivity contribution in [2.75, 3.05) is 7.11 Å². The Morgan fingerprint density at radius 2 is 1.87 bits per heavy atom. The van der Waals surface area contributed by atoms with Gasteiger partial charge >= 0.3 is 5.97 Å². The summed E-state index contributed by atoms with van der Waals surface area (Å²) in [7, 11) is 1.49. The van der Waals surface area contributed by atoms with Crippen LogP contribution in [0.2, 0.25) is 0 Å².